The lowest BCUT2D eigenvalue weighted by molar-refractivity contribution is -0.368. The standard InChI is InChI=1S/C57H86O18/c1-29-16-35-9-10-39-30(2)17-37(66-39)11-14-57-51(61)28-65-54-49(74-57)21-36(68-55(54)50(26-58)75-57)8-7-34(59)20-52(62)71-47-24-46-44(70-45(47)23-42(67-35)32(29)4)22-38(60)43(69-46)18-33-19-48-40(64-27-33)12-13-56(73-48)25-31(3)53-41(72-56)6-5-15-63-53/h29,31,33-51,53-55,58-61H,2,4-28H2,1,3H3/t29-,31+,33+,34?,35?,36?,37?,38-,39+,40?,41?,42?,43?,44+,45+,46?,47?,48?,49?,50?,51?,53?,54?,55+,56+,57-/m1/s1. The Hall–Kier alpha value is -1.69. The smallest absolute Gasteiger partial charge is 0.308 e. The molecule has 4 N–H and O–H groups in total. The molecule has 0 saturated carbocycles. The zero-order valence-electron chi connectivity index (χ0n) is 44.2. The molecule has 12 heterocycles. The Kier molecular flexibility index (Phi) is 16.1. The molecule has 12 aliphatic heterocycles. The van der Waals surface area contributed by atoms with Crippen LogP contribution in [-0.4, -0.2) is 193 Å². The van der Waals surface area contributed by atoms with Crippen molar-refractivity contribution in [3.63, 3.8) is 0 Å². The number of esters is 1. The van der Waals surface area contributed by atoms with Gasteiger partial charge in [-0.05, 0) is 106 Å². The Balaban J connectivity index is 0.736. The molecule has 12 fully saturated rings. The van der Waals surface area contributed by atoms with E-state index in [4.69, 9.17) is 61.6 Å². The zero-order chi connectivity index (χ0) is 51.8. The Labute approximate surface area is 442 Å². The Morgan fingerprint density at radius 1 is 0.600 bits per heavy atom. The predicted octanol–water partition coefficient (Wildman–Crippen LogP) is 4.80. The van der Waals surface area contributed by atoms with Crippen LogP contribution >= 0.6 is 0 Å². The molecule has 0 aromatic rings. The van der Waals surface area contributed by atoms with Gasteiger partial charge >= 0.3 is 5.97 Å². The average molecular weight is 1060 g/mol. The number of hydrogen-bond acceptors (Lipinski definition) is 18. The molecule has 26 atom stereocenters. The highest BCUT2D eigenvalue weighted by molar-refractivity contribution is 5.70. The van der Waals surface area contributed by atoms with Crippen molar-refractivity contribution in [2.24, 2.45) is 17.8 Å². The van der Waals surface area contributed by atoms with Crippen LogP contribution in [0.3, 0.4) is 0 Å². The molecule has 12 saturated heterocycles. The summed E-state index contributed by atoms with van der Waals surface area (Å²) in [7, 11) is 0. The number of aliphatic hydroxyl groups is 4. The number of ether oxygens (including phenoxy) is 13. The first kappa shape index (κ1) is 53.9. The summed E-state index contributed by atoms with van der Waals surface area (Å²) < 4.78 is 86.1. The van der Waals surface area contributed by atoms with E-state index in [2.05, 4.69) is 27.0 Å². The first-order chi connectivity index (χ1) is 36.2. The molecule has 18 heteroatoms. The van der Waals surface area contributed by atoms with Gasteiger partial charge in [-0.15, -0.1) is 0 Å². The van der Waals surface area contributed by atoms with Crippen LogP contribution in [0.2, 0.25) is 0 Å². The second-order valence-corrected chi connectivity index (χ2v) is 25.1. The van der Waals surface area contributed by atoms with Crippen molar-refractivity contribution >= 4 is 5.97 Å². The monoisotopic (exact) mass is 1060 g/mol. The van der Waals surface area contributed by atoms with Crippen molar-refractivity contribution in [3.05, 3.63) is 24.3 Å². The van der Waals surface area contributed by atoms with Crippen LogP contribution in [0.1, 0.15) is 142 Å². The Bertz CT molecular complexity index is 2030. The molecule has 75 heavy (non-hydrogen) atoms. The minimum Gasteiger partial charge on any atom is -0.459 e. The van der Waals surface area contributed by atoms with E-state index in [1.807, 2.05) is 0 Å². The van der Waals surface area contributed by atoms with Gasteiger partial charge in [-0.25, -0.2) is 0 Å². The summed E-state index contributed by atoms with van der Waals surface area (Å²) in [5.41, 5.74) is 1.98. The van der Waals surface area contributed by atoms with Gasteiger partial charge in [0, 0.05) is 51.6 Å². The largest absolute Gasteiger partial charge is 0.459 e. The summed E-state index contributed by atoms with van der Waals surface area (Å²) in [4.78, 5) is 14.0. The topological polar surface area (TPSA) is 218 Å². The fourth-order valence-electron chi connectivity index (χ4n) is 15.6. The first-order valence-corrected chi connectivity index (χ1v) is 29.2. The highest BCUT2D eigenvalue weighted by atomic mass is 16.8. The summed E-state index contributed by atoms with van der Waals surface area (Å²) in [6, 6.07) is 0. The molecular formula is C57H86O18. The molecule has 0 aliphatic carbocycles. The number of hydrogen-bond donors (Lipinski definition) is 4. The summed E-state index contributed by atoms with van der Waals surface area (Å²) in [6.45, 7) is 14.3. The lowest BCUT2D eigenvalue weighted by Gasteiger charge is -2.54. The molecule has 0 aromatic carbocycles. The van der Waals surface area contributed by atoms with Crippen LogP contribution in [0.15, 0.2) is 24.3 Å². The van der Waals surface area contributed by atoms with Crippen LogP contribution in [0.4, 0.5) is 0 Å². The van der Waals surface area contributed by atoms with E-state index >= 15 is 0 Å². The lowest BCUT2D eigenvalue weighted by Crippen LogP contribution is -2.60. The molecule has 0 radical (unpaired) electrons. The first-order valence-electron chi connectivity index (χ1n) is 29.2. The number of aliphatic hydroxyl groups excluding tert-OH is 4. The van der Waals surface area contributed by atoms with E-state index in [1.54, 1.807) is 0 Å². The van der Waals surface area contributed by atoms with Crippen LogP contribution in [-0.2, 0) is 66.4 Å². The summed E-state index contributed by atoms with van der Waals surface area (Å²) in [5, 5.41) is 45.4. The summed E-state index contributed by atoms with van der Waals surface area (Å²) >= 11 is 0. The van der Waals surface area contributed by atoms with E-state index in [9.17, 15) is 25.2 Å². The molecule has 12 rings (SSSR count). The third-order valence-electron chi connectivity index (χ3n) is 19.6. The molecule has 9 bridgehead atoms. The van der Waals surface area contributed by atoms with Crippen LogP contribution in [0.25, 0.3) is 0 Å². The minimum absolute atomic E-state index is 0.00358. The quantitative estimate of drug-likeness (QED) is 0.221. The van der Waals surface area contributed by atoms with Crippen molar-refractivity contribution in [1.29, 1.82) is 0 Å². The summed E-state index contributed by atoms with van der Waals surface area (Å²) in [5.74, 6) is -2.04. The maximum absolute atomic E-state index is 14.0. The van der Waals surface area contributed by atoms with Gasteiger partial charge in [0.05, 0.1) is 124 Å². The van der Waals surface area contributed by atoms with Gasteiger partial charge in [-0.1, -0.05) is 27.0 Å². The molecule has 1 spiro atoms. The second-order valence-electron chi connectivity index (χ2n) is 25.1. The number of fused-ring (bicyclic) bond motifs is 9. The van der Waals surface area contributed by atoms with Crippen molar-refractivity contribution in [3.8, 4) is 0 Å². The predicted molar refractivity (Wildman–Crippen MR) is 265 cm³/mol. The molecular weight excluding hydrogens is 973 g/mol. The van der Waals surface area contributed by atoms with Gasteiger partial charge < -0.3 is 82.0 Å². The van der Waals surface area contributed by atoms with E-state index in [0.717, 1.165) is 69.1 Å². The average Bonchev–Trinajstić information content (AvgIpc) is 3.65. The normalized spacial score (nSPS) is 52.9. The van der Waals surface area contributed by atoms with Crippen molar-refractivity contribution < 1.29 is 86.8 Å². The van der Waals surface area contributed by atoms with Gasteiger partial charge in [-0.2, -0.15) is 0 Å². The fourth-order valence-corrected chi connectivity index (χ4v) is 15.6. The van der Waals surface area contributed by atoms with Gasteiger partial charge in [0.15, 0.2) is 11.6 Å². The van der Waals surface area contributed by atoms with Crippen molar-refractivity contribution in [2.45, 2.75) is 282 Å². The molecule has 16 unspecified atom stereocenters. The molecule has 12 aliphatic rings. The highest BCUT2D eigenvalue weighted by Gasteiger charge is 2.59. The molecule has 18 nitrogen and oxygen atoms in total. The minimum atomic E-state index is -1.45. The maximum atomic E-state index is 14.0. The van der Waals surface area contributed by atoms with Crippen LogP contribution < -0.4 is 0 Å². The van der Waals surface area contributed by atoms with Gasteiger partial charge in [0.2, 0.25) is 0 Å². The zero-order valence-corrected chi connectivity index (χ0v) is 44.2. The van der Waals surface area contributed by atoms with Crippen LogP contribution in [0.5, 0.6) is 0 Å². The van der Waals surface area contributed by atoms with Gasteiger partial charge in [0.25, 0.3) is 0 Å². The lowest BCUT2D eigenvalue weighted by atomic mass is 9.80. The second kappa shape index (κ2) is 22.3. The molecule has 422 valence electrons. The fraction of sp³-hybridized carbons (Fsp3) is 0.912. The Morgan fingerprint density at radius 2 is 1.40 bits per heavy atom. The maximum Gasteiger partial charge on any atom is 0.308 e. The van der Waals surface area contributed by atoms with E-state index in [-0.39, 0.29) is 86.7 Å². The number of carbonyl (C=O) groups is 1. The van der Waals surface area contributed by atoms with Crippen molar-refractivity contribution in [2.75, 3.05) is 26.4 Å². The van der Waals surface area contributed by atoms with E-state index in [0.29, 0.717) is 76.7 Å². The van der Waals surface area contributed by atoms with E-state index in [1.165, 1.54) is 0 Å². The molecule has 0 aromatic heterocycles. The SMILES string of the molecule is C=C1C2C[C@@H]3O[C@H]4C[C@@H](O)C(C[C@@H]5COC6CC[C@@]7(C[C@H](C)C8OCCCC8O7)OC6C5)OC4CC3OC(=O)CC(O)CCC3CC4O[C@]5(CCC6CC(=C)[C@H](CCC(C[C@H]1C)O2)O6)OC(CO)[C@H](O3)C4OCC5O. The van der Waals surface area contributed by atoms with Crippen LogP contribution in [0, 0.1) is 17.8 Å². The highest BCUT2D eigenvalue weighted by Crippen LogP contribution is 2.49. The van der Waals surface area contributed by atoms with Gasteiger partial charge in [0.1, 0.15) is 30.5 Å². The summed E-state index contributed by atoms with van der Waals surface area (Å²) in [6.07, 6.45) is 2.17. The third-order valence-corrected chi connectivity index (χ3v) is 19.6. The number of carbonyl (C=O) groups excluding carboxylic acids is 1. The van der Waals surface area contributed by atoms with E-state index < -0.39 is 96.9 Å². The van der Waals surface area contributed by atoms with Gasteiger partial charge in [-0.3, -0.25) is 4.79 Å². The van der Waals surface area contributed by atoms with Crippen molar-refractivity contribution in [1.82, 2.24) is 0 Å². The number of rotatable bonds is 3. The Morgan fingerprint density at radius 3 is 2.27 bits per heavy atom. The third kappa shape index (κ3) is 11.2. The molecule has 0 amide bonds.